The van der Waals surface area contributed by atoms with Crippen molar-refractivity contribution < 1.29 is 0 Å². The average molecular weight is 453 g/mol. The summed E-state index contributed by atoms with van der Waals surface area (Å²) in [5.74, 6) is 2.60. The van der Waals surface area contributed by atoms with E-state index in [1.807, 2.05) is 61.1 Å². The molecule has 2 heterocycles. The third kappa shape index (κ3) is 5.12. The van der Waals surface area contributed by atoms with E-state index in [2.05, 4.69) is 37.3 Å². The lowest BCUT2D eigenvalue weighted by Gasteiger charge is -2.12. The molecule has 2 aromatic carbocycles. The first-order valence-corrected chi connectivity index (χ1v) is 10.9. The van der Waals surface area contributed by atoms with Gasteiger partial charge in [-0.2, -0.15) is 15.0 Å². The highest BCUT2D eigenvalue weighted by molar-refractivity contribution is 7.98. The molecule has 4 aromatic rings. The zero-order chi connectivity index (χ0) is 21.8. The van der Waals surface area contributed by atoms with Crippen LogP contribution in [-0.4, -0.2) is 43.8 Å². The molecule has 0 aliphatic rings. The van der Waals surface area contributed by atoms with Crippen LogP contribution in [0.5, 0.6) is 0 Å². The predicted octanol–water partition coefficient (Wildman–Crippen LogP) is 3.64. The summed E-state index contributed by atoms with van der Waals surface area (Å²) in [6, 6.07) is 17.8. The molecule has 0 radical (unpaired) electrons. The number of anilines is 2. The fourth-order valence-corrected chi connectivity index (χ4v) is 3.91. The van der Waals surface area contributed by atoms with Gasteiger partial charge < -0.3 is 10.6 Å². The van der Waals surface area contributed by atoms with Crippen LogP contribution < -0.4 is 10.6 Å². The molecule has 2 aromatic heterocycles. The number of aromatic nitrogens is 6. The molecule has 0 amide bonds. The van der Waals surface area contributed by atoms with Crippen LogP contribution in [0.1, 0.15) is 17.2 Å². The molecule has 8 nitrogen and oxygen atoms in total. The molecule has 0 saturated heterocycles. The molecule has 0 bridgehead atoms. The maximum Gasteiger partial charge on any atom is 0.229 e. The highest BCUT2D eigenvalue weighted by Gasteiger charge is 2.16. The van der Waals surface area contributed by atoms with E-state index in [9.17, 15) is 0 Å². The predicted molar refractivity (Wildman–Crippen MR) is 124 cm³/mol. The standard InChI is InChI=1S/C21H21ClN8S/c1-29(2)20-25-17(24-19(23)26-20)13-31-21-28-27-18(12-14-6-4-3-5-7-14)30(21)16-10-8-15(22)9-11-16/h3-11H,12-13H2,1-2H3,(H2,23,24,25,26). The normalized spacial score (nSPS) is 10.9. The number of thioether (sulfide) groups is 1. The van der Waals surface area contributed by atoms with Crippen molar-refractivity contribution >= 4 is 35.3 Å². The van der Waals surface area contributed by atoms with Crippen LogP contribution >= 0.6 is 23.4 Å². The number of nitrogens with two attached hydrogens (primary N) is 1. The largest absolute Gasteiger partial charge is 0.368 e. The molecule has 0 fully saturated rings. The number of rotatable bonds is 7. The Morgan fingerprint density at radius 3 is 2.42 bits per heavy atom. The van der Waals surface area contributed by atoms with E-state index in [0.29, 0.717) is 29.0 Å². The lowest BCUT2D eigenvalue weighted by atomic mass is 10.1. The molecule has 0 atom stereocenters. The molecule has 0 spiro atoms. The second kappa shape index (κ2) is 9.32. The Morgan fingerprint density at radius 2 is 1.71 bits per heavy atom. The molecular weight excluding hydrogens is 432 g/mol. The summed E-state index contributed by atoms with van der Waals surface area (Å²) in [4.78, 5) is 14.6. The molecule has 0 unspecified atom stereocenters. The first-order valence-electron chi connectivity index (χ1n) is 9.54. The minimum atomic E-state index is 0.193. The monoisotopic (exact) mass is 452 g/mol. The Morgan fingerprint density at radius 1 is 0.968 bits per heavy atom. The Balaban J connectivity index is 1.65. The molecule has 0 aliphatic heterocycles. The van der Waals surface area contributed by atoms with Crippen molar-refractivity contribution in [1.29, 1.82) is 0 Å². The van der Waals surface area contributed by atoms with Crippen molar-refractivity contribution in [3.63, 3.8) is 0 Å². The Hall–Kier alpha value is -3.17. The minimum Gasteiger partial charge on any atom is -0.368 e. The summed E-state index contributed by atoms with van der Waals surface area (Å²) in [6.45, 7) is 0. The van der Waals surface area contributed by atoms with E-state index < -0.39 is 0 Å². The summed E-state index contributed by atoms with van der Waals surface area (Å²) >= 11 is 7.58. The Kier molecular flexibility index (Phi) is 6.34. The average Bonchev–Trinajstić information content (AvgIpc) is 3.15. The van der Waals surface area contributed by atoms with Crippen molar-refractivity contribution in [2.24, 2.45) is 0 Å². The van der Waals surface area contributed by atoms with Crippen LogP contribution in [0, 0.1) is 0 Å². The maximum atomic E-state index is 6.09. The summed E-state index contributed by atoms with van der Waals surface area (Å²) in [6.07, 6.45) is 0.653. The summed E-state index contributed by atoms with van der Waals surface area (Å²) in [5, 5.41) is 10.3. The van der Waals surface area contributed by atoms with Crippen LogP contribution in [0.2, 0.25) is 5.02 Å². The summed E-state index contributed by atoms with van der Waals surface area (Å²) in [7, 11) is 3.72. The van der Waals surface area contributed by atoms with Gasteiger partial charge in [0.15, 0.2) is 5.16 Å². The van der Waals surface area contributed by atoms with Gasteiger partial charge in [0.2, 0.25) is 11.9 Å². The second-order valence-electron chi connectivity index (χ2n) is 6.97. The van der Waals surface area contributed by atoms with Gasteiger partial charge in [0, 0.05) is 31.2 Å². The fraction of sp³-hybridized carbons (Fsp3) is 0.190. The van der Waals surface area contributed by atoms with Gasteiger partial charge in [0.25, 0.3) is 0 Å². The molecule has 158 valence electrons. The van der Waals surface area contributed by atoms with Gasteiger partial charge in [-0.1, -0.05) is 53.7 Å². The van der Waals surface area contributed by atoms with Crippen LogP contribution in [0.4, 0.5) is 11.9 Å². The van der Waals surface area contributed by atoms with Gasteiger partial charge in [-0.25, -0.2) is 0 Å². The van der Waals surface area contributed by atoms with Crippen LogP contribution in [0.25, 0.3) is 5.69 Å². The van der Waals surface area contributed by atoms with Crippen molar-refractivity contribution in [1.82, 2.24) is 29.7 Å². The smallest absolute Gasteiger partial charge is 0.229 e. The number of halogens is 1. The van der Waals surface area contributed by atoms with Crippen molar-refractivity contribution in [2.75, 3.05) is 24.7 Å². The fourth-order valence-electron chi connectivity index (χ4n) is 2.95. The zero-order valence-electron chi connectivity index (χ0n) is 17.1. The van der Waals surface area contributed by atoms with Gasteiger partial charge in [0.1, 0.15) is 11.6 Å². The van der Waals surface area contributed by atoms with Gasteiger partial charge in [-0.15, -0.1) is 10.2 Å². The molecule has 0 aliphatic carbocycles. The van der Waals surface area contributed by atoms with E-state index in [4.69, 9.17) is 17.3 Å². The molecule has 31 heavy (non-hydrogen) atoms. The van der Waals surface area contributed by atoms with Gasteiger partial charge in [-0.05, 0) is 29.8 Å². The van der Waals surface area contributed by atoms with Gasteiger partial charge in [-0.3, -0.25) is 4.57 Å². The topological polar surface area (TPSA) is 98.6 Å². The lowest BCUT2D eigenvalue weighted by molar-refractivity contribution is 0.845. The van der Waals surface area contributed by atoms with E-state index >= 15 is 0 Å². The number of nitrogen functional groups attached to an aromatic ring is 1. The third-order valence-corrected chi connectivity index (χ3v) is 5.58. The first-order chi connectivity index (χ1) is 15.0. The molecule has 10 heteroatoms. The van der Waals surface area contributed by atoms with Crippen molar-refractivity contribution in [2.45, 2.75) is 17.3 Å². The Labute approximate surface area is 189 Å². The second-order valence-corrected chi connectivity index (χ2v) is 8.34. The van der Waals surface area contributed by atoms with Crippen LogP contribution in [0.15, 0.2) is 59.8 Å². The quantitative estimate of drug-likeness (QED) is 0.424. The first kappa shape index (κ1) is 21.1. The minimum absolute atomic E-state index is 0.193. The molecular formula is C21H21ClN8S. The van der Waals surface area contributed by atoms with Gasteiger partial charge in [0.05, 0.1) is 5.75 Å². The summed E-state index contributed by atoms with van der Waals surface area (Å²) in [5.41, 5.74) is 7.94. The molecule has 0 saturated carbocycles. The number of nitrogens with zero attached hydrogens (tertiary/aromatic N) is 7. The lowest BCUT2D eigenvalue weighted by Crippen LogP contribution is -2.16. The molecule has 2 N–H and O–H groups in total. The van der Waals surface area contributed by atoms with Gasteiger partial charge >= 0.3 is 0 Å². The maximum absolute atomic E-state index is 6.09. The number of hydrogen-bond donors (Lipinski definition) is 1. The van der Waals surface area contributed by atoms with Crippen molar-refractivity contribution in [3.05, 3.63) is 76.8 Å². The van der Waals surface area contributed by atoms with Crippen molar-refractivity contribution in [3.8, 4) is 5.69 Å². The third-order valence-electron chi connectivity index (χ3n) is 4.41. The Bertz CT molecular complexity index is 1160. The highest BCUT2D eigenvalue weighted by atomic mass is 35.5. The summed E-state index contributed by atoms with van der Waals surface area (Å²) < 4.78 is 2.03. The van der Waals surface area contributed by atoms with Crippen LogP contribution in [0.3, 0.4) is 0 Å². The molecule has 4 rings (SSSR count). The van der Waals surface area contributed by atoms with E-state index in [-0.39, 0.29) is 5.95 Å². The number of hydrogen-bond acceptors (Lipinski definition) is 8. The van der Waals surface area contributed by atoms with E-state index in [1.54, 1.807) is 4.90 Å². The van der Waals surface area contributed by atoms with E-state index in [1.165, 1.54) is 11.8 Å². The zero-order valence-corrected chi connectivity index (χ0v) is 18.7. The number of benzene rings is 2. The van der Waals surface area contributed by atoms with E-state index in [0.717, 1.165) is 22.2 Å². The highest BCUT2D eigenvalue weighted by Crippen LogP contribution is 2.26. The van der Waals surface area contributed by atoms with Crippen LogP contribution in [-0.2, 0) is 12.2 Å². The SMILES string of the molecule is CN(C)c1nc(N)nc(CSc2nnc(Cc3ccccc3)n2-c2ccc(Cl)cc2)n1.